The summed E-state index contributed by atoms with van der Waals surface area (Å²) in [7, 11) is 0. The van der Waals surface area contributed by atoms with E-state index in [1.165, 1.54) is 0 Å². The van der Waals surface area contributed by atoms with Crippen LogP contribution in [0.25, 0.3) is 0 Å². The third kappa shape index (κ3) is 10.5. The van der Waals surface area contributed by atoms with Crippen LogP contribution in [0.5, 0.6) is 0 Å². The fraction of sp³-hybridized carbons (Fsp3) is 0.750. The third-order valence-corrected chi connectivity index (χ3v) is 0.677. The van der Waals surface area contributed by atoms with E-state index in [-0.39, 0.29) is 37.7 Å². The van der Waals surface area contributed by atoms with Crippen LogP contribution in [0.15, 0.2) is 0 Å². The first kappa shape index (κ1) is 12.2. The molecule has 0 aromatic heterocycles. The third-order valence-electron chi connectivity index (χ3n) is 0.430. The number of hydrogen-bond donors (Lipinski definition) is 1. The van der Waals surface area contributed by atoms with E-state index >= 15 is 0 Å². The zero-order valence-electron chi connectivity index (χ0n) is 4.18. The van der Waals surface area contributed by atoms with Gasteiger partial charge in [-0.3, -0.25) is 0 Å². The molecule has 4 heteroatoms. The molecule has 1 nitrogen and oxygen atoms in total. The van der Waals surface area contributed by atoms with E-state index in [1.54, 1.807) is 0 Å². The first-order valence-corrected chi connectivity index (χ1v) is 2.98. The number of rotatable bonds is 2. The molecule has 0 unspecified atom stereocenters. The van der Waals surface area contributed by atoms with Gasteiger partial charge in [-0.15, -0.1) is 0 Å². The Bertz CT molecular complexity index is 67.1. The van der Waals surface area contributed by atoms with Gasteiger partial charge in [0, 0.05) is 0 Å². The monoisotopic (exact) mass is 178 g/mol. The molecule has 0 aliphatic carbocycles. The Kier molecular flexibility index (Phi) is 13.0. The Hall–Kier alpha value is 1.50. The quantitative estimate of drug-likeness (QED) is 0.379. The standard InChI is InChI=1S/C4H8OS2.Ca.2H/c1-2-3-5-4(6)7;;;/h2-3H2,1H3,(H,6,7);;;. The number of thiocarbonyl (C=S) groups is 1. The maximum absolute atomic E-state index is 4.79. The summed E-state index contributed by atoms with van der Waals surface area (Å²) >= 11 is 8.24. The summed E-state index contributed by atoms with van der Waals surface area (Å²) in [6.07, 6.45) is 0.987. The first-order valence-electron chi connectivity index (χ1n) is 2.13. The second-order valence-corrected chi connectivity index (χ2v) is 2.19. The SMILES string of the molecule is CCCOC(=S)S.[CaH2]. The Morgan fingerprint density at radius 2 is 2.25 bits per heavy atom. The molecule has 0 heterocycles. The van der Waals surface area contributed by atoms with Crippen LogP contribution >= 0.6 is 24.8 Å². The molecule has 0 saturated carbocycles. The van der Waals surface area contributed by atoms with Gasteiger partial charge in [0.15, 0.2) is 0 Å². The molecule has 0 bridgehead atoms. The molecule has 0 radical (unpaired) electrons. The van der Waals surface area contributed by atoms with Gasteiger partial charge in [0.05, 0.1) is 6.61 Å². The molecular weight excluding hydrogens is 168 g/mol. The fourth-order valence-electron chi connectivity index (χ4n) is 0.189. The van der Waals surface area contributed by atoms with Crippen molar-refractivity contribution in [1.29, 1.82) is 0 Å². The van der Waals surface area contributed by atoms with E-state index in [0.29, 0.717) is 11.0 Å². The zero-order valence-corrected chi connectivity index (χ0v) is 5.89. The summed E-state index contributed by atoms with van der Waals surface area (Å²) in [4.78, 5) is 0. The van der Waals surface area contributed by atoms with E-state index in [0.717, 1.165) is 6.42 Å². The molecule has 0 aliphatic rings. The summed E-state index contributed by atoms with van der Waals surface area (Å²) < 4.78 is 5.12. The van der Waals surface area contributed by atoms with Crippen LogP contribution in [-0.2, 0) is 4.74 Å². The second-order valence-electron chi connectivity index (χ2n) is 1.11. The van der Waals surface area contributed by atoms with Crippen molar-refractivity contribution in [2.75, 3.05) is 6.61 Å². The Morgan fingerprint density at radius 1 is 1.75 bits per heavy atom. The summed E-state index contributed by atoms with van der Waals surface area (Å²) in [5, 5.41) is 0. The molecule has 8 heavy (non-hydrogen) atoms. The molecule has 0 spiro atoms. The van der Waals surface area contributed by atoms with Gasteiger partial charge >= 0.3 is 37.7 Å². The van der Waals surface area contributed by atoms with Crippen LogP contribution in [0.3, 0.4) is 0 Å². The van der Waals surface area contributed by atoms with Gasteiger partial charge < -0.3 is 4.74 Å². The van der Waals surface area contributed by atoms with E-state index in [4.69, 9.17) is 4.74 Å². The molecule has 0 aliphatic heterocycles. The molecule has 0 rings (SSSR count). The van der Waals surface area contributed by atoms with E-state index in [2.05, 4.69) is 24.8 Å². The van der Waals surface area contributed by atoms with Gasteiger partial charge in [0.1, 0.15) is 0 Å². The van der Waals surface area contributed by atoms with Gasteiger partial charge in [0.25, 0.3) is 0 Å². The predicted octanol–water partition coefficient (Wildman–Crippen LogP) is 0.711. The number of ether oxygens (including phenoxy) is 1. The molecular formula is C4H10CaOS2. The predicted molar refractivity (Wildman–Crippen MR) is 46.4 cm³/mol. The maximum atomic E-state index is 4.79. The summed E-state index contributed by atoms with van der Waals surface area (Å²) in [6.45, 7) is 2.70. The molecule has 0 saturated heterocycles. The summed E-state index contributed by atoms with van der Waals surface area (Å²) in [5.41, 5.74) is 0. The van der Waals surface area contributed by atoms with Gasteiger partial charge in [0.2, 0.25) is 4.38 Å². The van der Waals surface area contributed by atoms with Crippen molar-refractivity contribution >= 4 is 67.0 Å². The molecule has 0 amide bonds. The fourth-order valence-corrected chi connectivity index (χ4v) is 0.364. The second kappa shape index (κ2) is 8.50. The van der Waals surface area contributed by atoms with Crippen molar-refractivity contribution in [1.82, 2.24) is 0 Å². The Morgan fingerprint density at radius 3 is 2.38 bits per heavy atom. The van der Waals surface area contributed by atoms with Crippen molar-refractivity contribution in [2.45, 2.75) is 13.3 Å². The average Bonchev–Trinajstić information content (AvgIpc) is 1.61. The number of thiol groups is 1. The van der Waals surface area contributed by atoms with Crippen molar-refractivity contribution in [3.63, 3.8) is 0 Å². The Balaban J connectivity index is 0. The van der Waals surface area contributed by atoms with Crippen molar-refractivity contribution < 1.29 is 4.74 Å². The van der Waals surface area contributed by atoms with E-state index < -0.39 is 0 Å². The average molecular weight is 178 g/mol. The minimum absolute atomic E-state index is 0. The van der Waals surface area contributed by atoms with Crippen LogP contribution < -0.4 is 0 Å². The minimum atomic E-state index is 0. The molecule has 0 fully saturated rings. The van der Waals surface area contributed by atoms with Crippen LogP contribution in [0.1, 0.15) is 13.3 Å². The summed E-state index contributed by atoms with van der Waals surface area (Å²) in [6, 6.07) is 0. The van der Waals surface area contributed by atoms with E-state index in [1.807, 2.05) is 6.92 Å². The van der Waals surface area contributed by atoms with Crippen LogP contribution in [0.4, 0.5) is 0 Å². The Labute approximate surface area is 90.6 Å². The van der Waals surface area contributed by atoms with Crippen molar-refractivity contribution in [2.24, 2.45) is 0 Å². The topological polar surface area (TPSA) is 9.23 Å². The molecule has 0 aromatic rings. The summed E-state index contributed by atoms with van der Waals surface area (Å²) in [5.74, 6) is 0. The van der Waals surface area contributed by atoms with E-state index in [9.17, 15) is 0 Å². The van der Waals surface area contributed by atoms with Crippen LogP contribution in [0, 0.1) is 0 Å². The number of hydrogen-bond acceptors (Lipinski definition) is 2. The van der Waals surface area contributed by atoms with Gasteiger partial charge in [-0.1, -0.05) is 19.6 Å². The molecule has 0 N–H and O–H groups in total. The normalized spacial score (nSPS) is 7.25. The van der Waals surface area contributed by atoms with Gasteiger partial charge in [-0.25, -0.2) is 0 Å². The molecule has 0 aromatic carbocycles. The van der Waals surface area contributed by atoms with Gasteiger partial charge in [-0.2, -0.15) is 0 Å². The molecule has 46 valence electrons. The molecule has 0 atom stereocenters. The van der Waals surface area contributed by atoms with Crippen LogP contribution in [-0.4, -0.2) is 48.7 Å². The van der Waals surface area contributed by atoms with Crippen molar-refractivity contribution in [3.05, 3.63) is 0 Å². The zero-order chi connectivity index (χ0) is 5.70. The first-order chi connectivity index (χ1) is 3.27. The van der Waals surface area contributed by atoms with Gasteiger partial charge in [-0.05, 0) is 18.6 Å². The van der Waals surface area contributed by atoms with Crippen LogP contribution in [0.2, 0.25) is 0 Å². The van der Waals surface area contributed by atoms with Crippen molar-refractivity contribution in [3.8, 4) is 0 Å².